The summed E-state index contributed by atoms with van der Waals surface area (Å²) in [4.78, 5) is 31.9. The normalized spacial score (nSPS) is 23.2. The summed E-state index contributed by atoms with van der Waals surface area (Å²) in [6, 6.07) is -0.699. The van der Waals surface area contributed by atoms with Crippen LogP contribution in [0.1, 0.15) is 52.9 Å². The van der Waals surface area contributed by atoms with Gasteiger partial charge in [-0.1, -0.05) is 32.4 Å². The molecular formula is C17H29NO5. The van der Waals surface area contributed by atoms with Gasteiger partial charge in [0, 0.05) is 19.3 Å². The molecular weight excluding hydrogens is 298 g/mol. The van der Waals surface area contributed by atoms with Gasteiger partial charge in [0.15, 0.2) is 0 Å². The first-order valence-electron chi connectivity index (χ1n) is 8.05. The molecule has 1 aliphatic rings. The van der Waals surface area contributed by atoms with Crippen molar-refractivity contribution in [1.29, 1.82) is 0 Å². The molecule has 0 aromatic rings. The topological polar surface area (TPSA) is 118 Å². The van der Waals surface area contributed by atoms with Crippen LogP contribution in [-0.4, -0.2) is 34.0 Å². The molecule has 2 unspecified atom stereocenters. The average molecular weight is 327 g/mol. The molecule has 0 radical (unpaired) electrons. The van der Waals surface area contributed by atoms with Crippen molar-refractivity contribution in [2.45, 2.75) is 58.9 Å². The van der Waals surface area contributed by atoms with Gasteiger partial charge in [-0.2, -0.15) is 0 Å². The summed E-state index contributed by atoms with van der Waals surface area (Å²) in [5.41, 5.74) is 5.27. The molecule has 23 heavy (non-hydrogen) atoms. The summed E-state index contributed by atoms with van der Waals surface area (Å²) in [5.74, 6) is -1.13. The molecule has 0 aromatic heterocycles. The summed E-state index contributed by atoms with van der Waals surface area (Å²) in [6.45, 7) is 5.69. The molecule has 0 aliphatic heterocycles. The van der Waals surface area contributed by atoms with Crippen LogP contribution in [0, 0.1) is 17.8 Å². The maximum absolute atomic E-state index is 11.2. The average Bonchev–Trinajstić information content (AvgIpc) is 2.82. The fraction of sp³-hybridized carbons (Fsp3) is 0.706. The second-order valence-corrected chi connectivity index (χ2v) is 6.12. The Kier molecular flexibility index (Phi) is 10.1. The van der Waals surface area contributed by atoms with E-state index in [-0.39, 0.29) is 30.0 Å². The summed E-state index contributed by atoms with van der Waals surface area (Å²) in [6.07, 6.45) is 6.75. The number of carboxylic acids is 2. The Balaban J connectivity index is 0.000000468. The maximum Gasteiger partial charge on any atom is 0.320 e. The number of nitrogens with two attached hydrogens (primary N) is 1. The molecule has 0 bridgehead atoms. The summed E-state index contributed by atoms with van der Waals surface area (Å²) in [5, 5.41) is 17.0. The number of carboxylic acid groups (broad SMARTS) is 2. The van der Waals surface area contributed by atoms with E-state index in [4.69, 9.17) is 15.9 Å². The molecule has 1 aliphatic carbocycles. The molecule has 0 spiro atoms. The Bertz CT molecular complexity index is 433. The van der Waals surface area contributed by atoms with Crippen LogP contribution in [0.4, 0.5) is 0 Å². The van der Waals surface area contributed by atoms with Crippen molar-refractivity contribution in [3.8, 4) is 0 Å². The van der Waals surface area contributed by atoms with Crippen molar-refractivity contribution in [2.75, 3.05) is 0 Å². The number of ketones is 1. The molecule has 4 atom stereocenters. The van der Waals surface area contributed by atoms with E-state index in [1.165, 1.54) is 0 Å². The Morgan fingerprint density at radius 1 is 1.30 bits per heavy atom. The van der Waals surface area contributed by atoms with Gasteiger partial charge in [-0.3, -0.25) is 14.4 Å². The number of carbonyl (C=O) groups is 3. The van der Waals surface area contributed by atoms with Crippen LogP contribution in [-0.2, 0) is 14.4 Å². The van der Waals surface area contributed by atoms with Crippen molar-refractivity contribution in [1.82, 2.24) is 0 Å². The molecule has 0 aromatic carbocycles. The van der Waals surface area contributed by atoms with Crippen LogP contribution < -0.4 is 5.73 Å². The predicted octanol–water partition coefficient (Wildman–Crippen LogP) is 2.47. The smallest absolute Gasteiger partial charge is 0.320 e. The minimum Gasteiger partial charge on any atom is -0.481 e. The van der Waals surface area contributed by atoms with Gasteiger partial charge >= 0.3 is 11.9 Å². The Morgan fingerprint density at radius 3 is 2.26 bits per heavy atom. The number of carbonyl (C=O) groups excluding carboxylic acids is 1. The zero-order valence-corrected chi connectivity index (χ0v) is 14.2. The van der Waals surface area contributed by atoms with E-state index in [1.54, 1.807) is 0 Å². The van der Waals surface area contributed by atoms with E-state index in [0.29, 0.717) is 12.8 Å². The summed E-state index contributed by atoms with van der Waals surface area (Å²) >= 11 is 0. The van der Waals surface area contributed by atoms with Gasteiger partial charge in [-0.25, -0.2) is 0 Å². The first-order valence-corrected chi connectivity index (χ1v) is 8.05. The SMILES string of the molecule is C/C=C\CC1CC(=O)CC1CC(=O)O.CC[C@H](C)[C@H](N)C(=O)O. The van der Waals surface area contributed by atoms with Crippen LogP contribution >= 0.6 is 0 Å². The van der Waals surface area contributed by atoms with Crippen LogP contribution in [0.25, 0.3) is 0 Å². The molecule has 1 fully saturated rings. The quantitative estimate of drug-likeness (QED) is 0.618. The highest BCUT2D eigenvalue weighted by molar-refractivity contribution is 5.82. The highest BCUT2D eigenvalue weighted by Gasteiger charge is 2.33. The first-order chi connectivity index (χ1) is 10.7. The molecule has 6 heteroatoms. The maximum atomic E-state index is 11.2. The third kappa shape index (κ3) is 8.50. The Hall–Kier alpha value is -1.69. The third-order valence-corrected chi connectivity index (χ3v) is 4.30. The zero-order valence-electron chi connectivity index (χ0n) is 14.2. The lowest BCUT2D eigenvalue weighted by Crippen LogP contribution is -2.36. The number of hydrogen-bond acceptors (Lipinski definition) is 4. The molecule has 0 heterocycles. The molecule has 132 valence electrons. The molecule has 6 nitrogen and oxygen atoms in total. The monoisotopic (exact) mass is 327 g/mol. The van der Waals surface area contributed by atoms with Gasteiger partial charge in [0.1, 0.15) is 11.8 Å². The van der Waals surface area contributed by atoms with Crippen LogP contribution in [0.5, 0.6) is 0 Å². The zero-order chi connectivity index (χ0) is 18.0. The standard InChI is InChI=1S/C11H16O3.C6H13NO2/c1-2-3-4-8-5-10(12)6-9(8)7-11(13)14;1-3-4(2)5(7)6(8)9/h2-3,8-9H,4-7H2,1H3,(H,13,14);4-5H,3,7H2,1-2H3,(H,8,9)/b3-2-;/t;4-,5-/m.0/s1. The number of rotatable bonds is 7. The number of aliphatic carboxylic acids is 2. The van der Waals surface area contributed by atoms with Gasteiger partial charge in [0.25, 0.3) is 0 Å². The van der Waals surface area contributed by atoms with Gasteiger partial charge in [-0.05, 0) is 31.1 Å². The highest BCUT2D eigenvalue weighted by atomic mass is 16.4. The van der Waals surface area contributed by atoms with E-state index in [9.17, 15) is 14.4 Å². The largest absolute Gasteiger partial charge is 0.481 e. The highest BCUT2D eigenvalue weighted by Crippen LogP contribution is 2.34. The Labute approximate surface area is 137 Å². The second kappa shape index (κ2) is 10.9. The molecule has 0 saturated heterocycles. The van der Waals surface area contributed by atoms with E-state index >= 15 is 0 Å². The number of Topliss-reactive ketones (excluding diaryl/α,β-unsaturated/α-hetero) is 1. The van der Waals surface area contributed by atoms with Gasteiger partial charge in [0.2, 0.25) is 0 Å². The molecule has 4 N–H and O–H groups in total. The van der Waals surface area contributed by atoms with E-state index < -0.39 is 18.0 Å². The fourth-order valence-electron chi connectivity index (χ4n) is 2.55. The Morgan fingerprint density at radius 2 is 1.87 bits per heavy atom. The number of allylic oxidation sites excluding steroid dienone is 2. The first kappa shape index (κ1) is 21.3. The van der Waals surface area contributed by atoms with Crippen molar-refractivity contribution in [3.05, 3.63) is 12.2 Å². The lowest BCUT2D eigenvalue weighted by atomic mass is 9.90. The van der Waals surface area contributed by atoms with E-state index in [2.05, 4.69) is 0 Å². The second-order valence-electron chi connectivity index (χ2n) is 6.12. The lowest BCUT2D eigenvalue weighted by molar-refractivity contribution is -0.140. The van der Waals surface area contributed by atoms with Crippen molar-refractivity contribution in [2.24, 2.45) is 23.5 Å². The van der Waals surface area contributed by atoms with Crippen LogP contribution in [0.2, 0.25) is 0 Å². The third-order valence-electron chi connectivity index (χ3n) is 4.30. The van der Waals surface area contributed by atoms with Gasteiger partial charge in [-0.15, -0.1) is 0 Å². The van der Waals surface area contributed by atoms with E-state index in [0.717, 1.165) is 12.8 Å². The predicted molar refractivity (Wildman–Crippen MR) is 88.0 cm³/mol. The lowest BCUT2D eigenvalue weighted by Gasteiger charge is -2.14. The minimum atomic E-state index is -0.913. The van der Waals surface area contributed by atoms with Crippen molar-refractivity contribution >= 4 is 17.7 Å². The fourth-order valence-corrected chi connectivity index (χ4v) is 2.55. The van der Waals surface area contributed by atoms with Gasteiger partial charge in [0.05, 0.1) is 0 Å². The van der Waals surface area contributed by atoms with Crippen molar-refractivity contribution in [3.63, 3.8) is 0 Å². The van der Waals surface area contributed by atoms with Crippen molar-refractivity contribution < 1.29 is 24.6 Å². The molecule has 0 amide bonds. The van der Waals surface area contributed by atoms with Gasteiger partial charge < -0.3 is 15.9 Å². The molecule has 1 rings (SSSR count). The summed E-state index contributed by atoms with van der Waals surface area (Å²) < 4.78 is 0. The molecule has 1 saturated carbocycles. The minimum absolute atomic E-state index is 0.0520. The summed E-state index contributed by atoms with van der Waals surface area (Å²) in [7, 11) is 0. The van der Waals surface area contributed by atoms with Crippen LogP contribution in [0.15, 0.2) is 12.2 Å². The van der Waals surface area contributed by atoms with Crippen LogP contribution in [0.3, 0.4) is 0 Å². The van der Waals surface area contributed by atoms with E-state index in [1.807, 2.05) is 32.9 Å². The number of hydrogen-bond donors (Lipinski definition) is 3.